The maximum Gasteiger partial charge on any atom is 0.135 e. The summed E-state index contributed by atoms with van der Waals surface area (Å²) in [5.41, 5.74) is -1.91. The van der Waals surface area contributed by atoms with Gasteiger partial charge in [0.1, 0.15) is 17.2 Å². The Morgan fingerprint density at radius 3 is 2.68 bits per heavy atom. The number of ether oxygens (including phenoxy) is 1. The van der Waals surface area contributed by atoms with Gasteiger partial charge in [-0.05, 0) is 31.9 Å². The second kappa shape index (κ2) is 4.84. The Balaban J connectivity index is 2.48. The van der Waals surface area contributed by atoms with Crippen LogP contribution in [0.3, 0.4) is 0 Å². The van der Waals surface area contributed by atoms with Crippen LogP contribution in [0.4, 0.5) is 8.78 Å². The van der Waals surface area contributed by atoms with Crippen molar-refractivity contribution in [1.82, 2.24) is 0 Å². The molecule has 1 aliphatic heterocycles. The van der Waals surface area contributed by atoms with E-state index in [0.717, 1.165) is 0 Å². The minimum Gasteiger partial charge on any atom is -0.385 e. The van der Waals surface area contributed by atoms with Crippen molar-refractivity contribution in [3.05, 3.63) is 34.9 Å². The van der Waals surface area contributed by atoms with Crippen LogP contribution in [0.5, 0.6) is 0 Å². The first-order chi connectivity index (χ1) is 8.81. The molecule has 2 atom stereocenters. The maximum absolute atomic E-state index is 14.2. The van der Waals surface area contributed by atoms with Crippen LogP contribution in [0, 0.1) is 18.6 Å². The Bertz CT molecular complexity index is 489. The van der Waals surface area contributed by atoms with Crippen LogP contribution < -0.4 is 0 Å². The summed E-state index contributed by atoms with van der Waals surface area (Å²) < 4.78 is 33.8. The first-order valence-electron chi connectivity index (χ1n) is 6.63. The molecule has 2 rings (SSSR count). The van der Waals surface area contributed by atoms with Crippen LogP contribution in [0.1, 0.15) is 44.2 Å². The minimum atomic E-state index is -1.50. The lowest BCUT2D eigenvalue weighted by Gasteiger charge is -2.43. The van der Waals surface area contributed by atoms with Crippen molar-refractivity contribution in [2.45, 2.75) is 51.2 Å². The Hall–Kier alpha value is -1.00. The molecular weight excluding hydrogens is 250 g/mol. The van der Waals surface area contributed by atoms with Gasteiger partial charge in [-0.25, -0.2) is 8.78 Å². The van der Waals surface area contributed by atoms with Gasteiger partial charge < -0.3 is 9.84 Å². The zero-order valence-corrected chi connectivity index (χ0v) is 11.6. The van der Waals surface area contributed by atoms with E-state index in [1.807, 2.05) is 13.8 Å². The second-order valence-corrected chi connectivity index (χ2v) is 5.66. The molecule has 1 fully saturated rings. The molecule has 1 heterocycles. The molecule has 0 saturated carbocycles. The Morgan fingerprint density at radius 2 is 2.05 bits per heavy atom. The zero-order chi connectivity index (χ0) is 14.3. The van der Waals surface area contributed by atoms with Gasteiger partial charge in [-0.1, -0.05) is 13.0 Å². The van der Waals surface area contributed by atoms with Crippen molar-refractivity contribution in [3.8, 4) is 0 Å². The maximum atomic E-state index is 14.2. The SMILES string of the molecule is CCC1(C)CC(O)(c2c(F)ccc(C)c2F)CCO1. The van der Waals surface area contributed by atoms with Gasteiger partial charge in [0, 0.05) is 12.8 Å². The lowest BCUT2D eigenvalue weighted by atomic mass is 9.77. The Kier molecular flexibility index (Phi) is 3.67. The van der Waals surface area contributed by atoms with E-state index in [2.05, 4.69) is 0 Å². The average molecular weight is 270 g/mol. The van der Waals surface area contributed by atoms with Gasteiger partial charge in [-0.2, -0.15) is 0 Å². The van der Waals surface area contributed by atoms with Gasteiger partial charge in [0.25, 0.3) is 0 Å². The smallest absolute Gasteiger partial charge is 0.135 e. The van der Waals surface area contributed by atoms with E-state index in [1.54, 1.807) is 6.92 Å². The monoisotopic (exact) mass is 270 g/mol. The van der Waals surface area contributed by atoms with Crippen molar-refractivity contribution < 1.29 is 18.6 Å². The summed E-state index contributed by atoms with van der Waals surface area (Å²) in [6.45, 7) is 5.67. The summed E-state index contributed by atoms with van der Waals surface area (Å²) in [6.07, 6.45) is 1.10. The third kappa shape index (κ3) is 2.51. The van der Waals surface area contributed by atoms with E-state index < -0.39 is 22.8 Å². The molecule has 0 bridgehead atoms. The molecule has 0 aliphatic carbocycles. The molecule has 4 heteroatoms. The molecule has 0 amide bonds. The molecule has 2 nitrogen and oxygen atoms in total. The molecule has 1 saturated heterocycles. The van der Waals surface area contributed by atoms with Crippen molar-refractivity contribution in [2.24, 2.45) is 0 Å². The standard InChI is InChI=1S/C15H20F2O2/c1-4-14(3)9-15(18,7-8-19-14)12-11(16)6-5-10(2)13(12)17/h5-6,18H,4,7-9H2,1-3H3. The lowest BCUT2D eigenvalue weighted by molar-refractivity contribution is -0.159. The molecule has 0 radical (unpaired) electrons. The van der Waals surface area contributed by atoms with E-state index in [1.165, 1.54) is 12.1 Å². The van der Waals surface area contributed by atoms with Gasteiger partial charge >= 0.3 is 0 Å². The van der Waals surface area contributed by atoms with Crippen molar-refractivity contribution in [2.75, 3.05) is 6.61 Å². The van der Waals surface area contributed by atoms with Gasteiger partial charge in [0.15, 0.2) is 0 Å². The molecule has 0 spiro atoms. The summed E-state index contributed by atoms with van der Waals surface area (Å²) >= 11 is 0. The third-order valence-corrected chi connectivity index (χ3v) is 4.13. The molecule has 19 heavy (non-hydrogen) atoms. The highest BCUT2D eigenvalue weighted by atomic mass is 19.1. The minimum absolute atomic E-state index is 0.202. The highest BCUT2D eigenvalue weighted by molar-refractivity contribution is 5.32. The van der Waals surface area contributed by atoms with E-state index in [9.17, 15) is 13.9 Å². The van der Waals surface area contributed by atoms with Crippen LogP contribution >= 0.6 is 0 Å². The zero-order valence-electron chi connectivity index (χ0n) is 11.6. The summed E-state index contributed by atoms with van der Waals surface area (Å²) in [5.74, 6) is -1.34. The Morgan fingerprint density at radius 1 is 1.37 bits per heavy atom. The van der Waals surface area contributed by atoms with E-state index >= 15 is 0 Å². The number of halogens is 2. The molecule has 2 unspecified atom stereocenters. The van der Waals surface area contributed by atoms with E-state index in [4.69, 9.17) is 4.74 Å². The van der Waals surface area contributed by atoms with Crippen LogP contribution in [0.25, 0.3) is 0 Å². The summed E-state index contributed by atoms with van der Waals surface area (Å²) in [5, 5.41) is 10.7. The number of hydrogen-bond donors (Lipinski definition) is 1. The fraction of sp³-hybridized carbons (Fsp3) is 0.600. The fourth-order valence-electron chi connectivity index (χ4n) is 2.75. The first kappa shape index (κ1) is 14.4. The highest BCUT2D eigenvalue weighted by Crippen LogP contribution is 2.43. The molecule has 0 aromatic heterocycles. The van der Waals surface area contributed by atoms with Gasteiger partial charge in [0.2, 0.25) is 0 Å². The van der Waals surface area contributed by atoms with Crippen molar-refractivity contribution >= 4 is 0 Å². The van der Waals surface area contributed by atoms with Gasteiger partial charge in [-0.15, -0.1) is 0 Å². The number of benzene rings is 1. The summed E-state index contributed by atoms with van der Waals surface area (Å²) in [6, 6.07) is 2.60. The quantitative estimate of drug-likeness (QED) is 0.892. The van der Waals surface area contributed by atoms with Gasteiger partial charge in [0.05, 0.1) is 17.8 Å². The normalized spacial score (nSPS) is 31.5. The van der Waals surface area contributed by atoms with Crippen molar-refractivity contribution in [3.63, 3.8) is 0 Å². The lowest BCUT2D eigenvalue weighted by Crippen LogP contribution is -2.46. The van der Waals surface area contributed by atoms with Gasteiger partial charge in [-0.3, -0.25) is 0 Å². The number of aliphatic hydroxyl groups is 1. The summed E-state index contributed by atoms with van der Waals surface area (Å²) in [4.78, 5) is 0. The number of hydrogen-bond acceptors (Lipinski definition) is 2. The molecule has 1 aliphatic rings. The largest absolute Gasteiger partial charge is 0.385 e. The molecule has 1 aromatic carbocycles. The van der Waals surface area contributed by atoms with E-state index in [-0.39, 0.29) is 18.4 Å². The Labute approximate surface area is 112 Å². The molecular formula is C15H20F2O2. The number of aryl methyl sites for hydroxylation is 1. The third-order valence-electron chi connectivity index (χ3n) is 4.13. The predicted molar refractivity (Wildman–Crippen MR) is 68.9 cm³/mol. The average Bonchev–Trinajstić information content (AvgIpc) is 2.34. The fourth-order valence-corrected chi connectivity index (χ4v) is 2.75. The van der Waals surface area contributed by atoms with Crippen LogP contribution in [-0.4, -0.2) is 17.3 Å². The van der Waals surface area contributed by atoms with Crippen LogP contribution in [-0.2, 0) is 10.3 Å². The highest BCUT2D eigenvalue weighted by Gasteiger charge is 2.45. The predicted octanol–water partition coefficient (Wildman–Crippen LogP) is 3.44. The summed E-state index contributed by atoms with van der Waals surface area (Å²) in [7, 11) is 0. The first-order valence-corrected chi connectivity index (χ1v) is 6.63. The van der Waals surface area contributed by atoms with Crippen LogP contribution in [0.15, 0.2) is 12.1 Å². The molecule has 106 valence electrons. The topological polar surface area (TPSA) is 29.5 Å². The van der Waals surface area contributed by atoms with E-state index in [0.29, 0.717) is 18.6 Å². The second-order valence-electron chi connectivity index (χ2n) is 5.66. The van der Waals surface area contributed by atoms with Crippen LogP contribution in [0.2, 0.25) is 0 Å². The van der Waals surface area contributed by atoms with Crippen molar-refractivity contribution in [1.29, 1.82) is 0 Å². The number of rotatable bonds is 2. The molecule has 1 N–H and O–H groups in total. The molecule has 1 aromatic rings.